The largest absolute Gasteiger partial charge is 0.744 e. The van der Waals surface area contributed by atoms with Crippen molar-refractivity contribution in [1.82, 2.24) is 0 Å². The minimum atomic E-state index is -5.91. The lowest BCUT2D eigenvalue weighted by Gasteiger charge is -2.32. The molecule has 0 atom stereocenters. The van der Waals surface area contributed by atoms with Crippen LogP contribution >= 0.6 is 0 Å². The van der Waals surface area contributed by atoms with Crippen molar-refractivity contribution in [3.63, 3.8) is 0 Å². The zero-order chi connectivity index (χ0) is 34.3. The molecule has 3 saturated carbocycles. The van der Waals surface area contributed by atoms with Crippen molar-refractivity contribution in [2.75, 3.05) is 0 Å². The van der Waals surface area contributed by atoms with Crippen molar-refractivity contribution in [2.45, 2.75) is 156 Å². The molecule has 0 amide bonds. The fourth-order valence-electron chi connectivity index (χ4n) is 8.64. The third-order valence-corrected chi connectivity index (χ3v) is 13.1. The molecule has 0 heterocycles. The van der Waals surface area contributed by atoms with Crippen LogP contribution in [0.4, 0.5) is 17.6 Å². The van der Waals surface area contributed by atoms with Crippen LogP contribution in [0.25, 0.3) is 0 Å². The number of hydrogen-bond acceptors (Lipinski definition) is 7. The third-order valence-electron chi connectivity index (χ3n) is 10.9. The summed E-state index contributed by atoms with van der Waals surface area (Å²) in [5.74, 6) is -4.48. The highest BCUT2D eigenvalue weighted by Crippen LogP contribution is 2.50. The molecule has 0 bridgehead atoms. The first-order chi connectivity index (χ1) is 22.7. The van der Waals surface area contributed by atoms with Crippen LogP contribution in [0.3, 0.4) is 0 Å². The van der Waals surface area contributed by atoms with Gasteiger partial charge >= 0.3 is 16.5 Å². The maximum Gasteiger partial charge on any atom is 0.573 e. The van der Waals surface area contributed by atoms with E-state index < -0.39 is 48.8 Å². The van der Waals surface area contributed by atoms with Gasteiger partial charge in [-0.25, -0.2) is 12.8 Å². The molecule has 0 N–H and O–H groups in total. The molecular formula is C35H43F4O7S2-. The Bertz CT molecular complexity index is 1680. The maximum absolute atomic E-state index is 15.6. The van der Waals surface area contributed by atoms with Gasteiger partial charge in [0.1, 0.15) is 25.7 Å². The van der Waals surface area contributed by atoms with Crippen LogP contribution in [0.15, 0.2) is 21.9 Å². The molecule has 2 aromatic rings. The topological polar surface area (TPSA) is 110 Å². The van der Waals surface area contributed by atoms with Gasteiger partial charge in [-0.1, -0.05) is 69.9 Å². The van der Waals surface area contributed by atoms with Gasteiger partial charge in [0.15, 0.2) is 11.5 Å². The first-order valence-electron chi connectivity index (χ1n) is 17.5. The Kier molecular flexibility index (Phi) is 10.4. The first-order valence-corrected chi connectivity index (χ1v) is 20.3. The van der Waals surface area contributed by atoms with E-state index in [4.69, 9.17) is 4.18 Å². The predicted molar refractivity (Wildman–Crippen MR) is 169 cm³/mol. The minimum absolute atomic E-state index is 0.0840. The Morgan fingerprint density at radius 2 is 1.08 bits per heavy atom. The molecule has 0 spiro atoms. The van der Waals surface area contributed by atoms with Crippen LogP contribution in [0, 0.1) is 5.82 Å². The number of alkyl halides is 3. The molecule has 0 unspecified atom stereocenters. The molecule has 4 aliphatic rings. The van der Waals surface area contributed by atoms with Gasteiger partial charge in [0.25, 0.3) is 0 Å². The Morgan fingerprint density at radius 1 is 0.625 bits per heavy atom. The quantitative estimate of drug-likeness (QED) is 0.152. The minimum Gasteiger partial charge on any atom is -0.744 e. The molecule has 4 aliphatic carbocycles. The summed E-state index contributed by atoms with van der Waals surface area (Å²) < 4.78 is 133. The van der Waals surface area contributed by atoms with Crippen LogP contribution < -0.4 is 8.92 Å². The Labute approximate surface area is 280 Å². The van der Waals surface area contributed by atoms with Crippen LogP contribution in [0.2, 0.25) is 0 Å². The van der Waals surface area contributed by atoms with Crippen molar-refractivity contribution in [2.24, 2.45) is 0 Å². The summed E-state index contributed by atoms with van der Waals surface area (Å²) in [5, 5.41) is 0. The number of rotatable bonds is 8. The van der Waals surface area contributed by atoms with Gasteiger partial charge in [-0.15, -0.1) is 13.2 Å². The molecule has 266 valence electrons. The second-order valence-electron chi connectivity index (χ2n) is 14.0. The van der Waals surface area contributed by atoms with E-state index in [1.165, 1.54) is 0 Å². The molecule has 0 radical (unpaired) electrons. The van der Waals surface area contributed by atoms with E-state index in [2.05, 4.69) is 4.74 Å². The van der Waals surface area contributed by atoms with Gasteiger partial charge in [-0.05, 0) is 104 Å². The molecule has 3 fully saturated rings. The normalized spacial score (nSPS) is 20.8. The van der Waals surface area contributed by atoms with Gasteiger partial charge in [-0.3, -0.25) is 0 Å². The number of halogens is 4. The average Bonchev–Trinajstić information content (AvgIpc) is 3.06. The smallest absolute Gasteiger partial charge is 0.573 e. The third kappa shape index (κ3) is 7.52. The van der Waals surface area contributed by atoms with Crippen LogP contribution in [0.5, 0.6) is 11.5 Å². The van der Waals surface area contributed by atoms with Crippen molar-refractivity contribution >= 4 is 20.2 Å². The molecule has 6 rings (SSSR count). The Hall–Kier alpha value is -2.38. The number of fused-ring (bicyclic) bond motifs is 1. The van der Waals surface area contributed by atoms with E-state index in [1.54, 1.807) is 0 Å². The van der Waals surface area contributed by atoms with E-state index in [-0.39, 0.29) is 46.6 Å². The summed E-state index contributed by atoms with van der Waals surface area (Å²) in [4.78, 5) is -1.97. The van der Waals surface area contributed by atoms with E-state index in [1.807, 2.05) is 12.1 Å². The second kappa shape index (κ2) is 14.1. The molecule has 7 nitrogen and oxygen atoms in total. The monoisotopic (exact) mass is 715 g/mol. The number of benzene rings is 2. The van der Waals surface area contributed by atoms with Crippen molar-refractivity contribution < 1.29 is 47.9 Å². The molecule has 0 aliphatic heterocycles. The predicted octanol–water partition coefficient (Wildman–Crippen LogP) is 9.42. The summed E-state index contributed by atoms with van der Waals surface area (Å²) in [6, 6.07) is 3.94. The van der Waals surface area contributed by atoms with Crippen molar-refractivity contribution in [1.29, 1.82) is 0 Å². The van der Waals surface area contributed by atoms with Crippen molar-refractivity contribution in [3.8, 4) is 11.5 Å². The van der Waals surface area contributed by atoms with Gasteiger partial charge in [0.05, 0.1) is 0 Å². The second-order valence-corrected chi connectivity index (χ2v) is 16.8. The van der Waals surface area contributed by atoms with Gasteiger partial charge < -0.3 is 13.5 Å². The maximum atomic E-state index is 15.6. The fraction of sp³-hybridized carbons (Fsp3) is 0.657. The highest BCUT2D eigenvalue weighted by molar-refractivity contribution is 7.87. The van der Waals surface area contributed by atoms with Gasteiger partial charge in [0.2, 0.25) is 0 Å². The lowest BCUT2D eigenvalue weighted by molar-refractivity contribution is -0.276. The van der Waals surface area contributed by atoms with E-state index in [0.717, 1.165) is 102 Å². The van der Waals surface area contributed by atoms with Gasteiger partial charge in [-0.2, -0.15) is 8.42 Å². The first kappa shape index (κ1) is 35.4. The lowest BCUT2D eigenvalue weighted by Crippen LogP contribution is -2.25. The summed E-state index contributed by atoms with van der Waals surface area (Å²) in [6.07, 6.45) is 8.81. The van der Waals surface area contributed by atoms with Crippen molar-refractivity contribution in [3.05, 3.63) is 45.8 Å². The molecule has 2 aromatic carbocycles. The molecule has 13 heteroatoms. The van der Waals surface area contributed by atoms with Crippen LogP contribution in [0.1, 0.15) is 155 Å². The molecular weight excluding hydrogens is 673 g/mol. The van der Waals surface area contributed by atoms with Gasteiger partial charge in [0, 0.05) is 5.56 Å². The summed E-state index contributed by atoms with van der Waals surface area (Å²) in [6.45, 7) is 0. The summed E-state index contributed by atoms with van der Waals surface area (Å²) in [7, 11) is -10.9. The molecule has 0 aromatic heterocycles. The average molecular weight is 716 g/mol. The van der Waals surface area contributed by atoms with Crippen LogP contribution in [-0.2, 0) is 33.1 Å². The summed E-state index contributed by atoms with van der Waals surface area (Å²) >= 11 is 0. The Morgan fingerprint density at radius 3 is 1.54 bits per heavy atom. The highest BCUT2D eigenvalue weighted by Gasteiger charge is 2.42. The SMILES string of the molecule is O=S(=O)([O-])c1c(F)c2c(c(OS(=O)(=O)c3c(C4CCCCC4)cc(C4CCCCC4)cc3C3CCCCC3)c1OC(F)(F)F)CCCC2. The van der Waals surface area contributed by atoms with E-state index in [0.29, 0.717) is 24.0 Å². The molecule has 48 heavy (non-hydrogen) atoms. The number of hydrogen-bond donors (Lipinski definition) is 0. The zero-order valence-corrected chi connectivity index (χ0v) is 28.6. The van der Waals surface area contributed by atoms with E-state index in [9.17, 15) is 34.6 Å². The van der Waals surface area contributed by atoms with E-state index >= 15 is 4.39 Å². The zero-order valence-electron chi connectivity index (χ0n) is 27.0. The molecule has 0 saturated heterocycles. The highest BCUT2D eigenvalue weighted by atomic mass is 32.2. The lowest BCUT2D eigenvalue weighted by atomic mass is 9.76. The Balaban J connectivity index is 1.59. The number of ether oxygens (including phenoxy) is 1. The van der Waals surface area contributed by atoms with Crippen LogP contribution in [-0.4, -0.2) is 27.8 Å². The standard InChI is InChI=1S/C35H44F4O7S2/c36-30-26-18-10-11-19-27(26)31(32(45-35(37,38)39)34(30)47(40,41)42)46-48(43,44)33-28(23-14-6-2-7-15-23)20-25(22-12-4-1-5-13-22)21-29(33)24-16-8-3-9-17-24/h20-24H,1-19H2,(H,40,41,42)/p-1. The fourth-order valence-corrected chi connectivity index (χ4v) is 10.9. The summed E-state index contributed by atoms with van der Waals surface area (Å²) in [5.41, 5.74) is 1.68.